The highest BCUT2D eigenvalue weighted by atomic mass is 16.6. The highest BCUT2D eigenvalue weighted by Gasteiger charge is 2.23. The van der Waals surface area contributed by atoms with Gasteiger partial charge in [0.2, 0.25) is 0 Å². The zero-order chi connectivity index (χ0) is 21.9. The SMILES string of the molecule is C/C=C/c1ccc(OCC(=O)OCC(=O)NC(=O)N[C@H]2CCCC[C@H]2C)c(OC)c1. The number of methoxy groups -OCH3 is 1. The number of amides is 3. The summed E-state index contributed by atoms with van der Waals surface area (Å²) >= 11 is 0. The molecular formula is C22H30N2O6. The van der Waals surface area contributed by atoms with Crippen LogP contribution >= 0.6 is 0 Å². The summed E-state index contributed by atoms with van der Waals surface area (Å²) in [7, 11) is 1.50. The van der Waals surface area contributed by atoms with Crippen molar-refractivity contribution in [2.45, 2.75) is 45.6 Å². The van der Waals surface area contributed by atoms with Crippen molar-refractivity contribution in [1.29, 1.82) is 0 Å². The molecule has 0 unspecified atom stereocenters. The number of urea groups is 1. The molecule has 2 N–H and O–H groups in total. The minimum absolute atomic E-state index is 0.0525. The van der Waals surface area contributed by atoms with Crippen LogP contribution in [0.1, 0.15) is 45.1 Å². The molecule has 0 radical (unpaired) electrons. The number of carbonyl (C=O) groups is 3. The molecule has 0 aromatic heterocycles. The van der Waals surface area contributed by atoms with Gasteiger partial charge in [-0.05, 0) is 43.4 Å². The Morgan fingerprint density at radius 2 is 1.90 bits per heavy atom. The second kappa shape index (κ2) is 11.8. The molecule has 8 heteroatoms. The Morgan fingerprint density at radius 3 is 2.60 bits per heavy atom. The number of ether oxygens (including phenoxy) is 3. The van der Waals surface area contributed by atoms with Gasteiger partial charge in [-0.2, -0.15) is 0 Å². The Morgan fingerprint density at radius 1 is 1.13 bits per heavy atom. The Balaban J connectivity index is 1.72. The first kappa shape index (κ1) is 23.3. The summed E-state index contributed by atoms with van der Waals surface area (Å²) in [6.45, 7) is 3.03. The lowest BCUT2D eigenvalue weighted by atomic mass is 9.86. The van der Waals surface area contributed by atoms with Crippen molar-refractivity contribution in [2.75, 3.05) is 20.3 Å². The lowest BCUT2D eigenvalue weighted by Gasteiger charge is -2.29. The zero-order valence-corrected chi connectivity index (χ0v) is 17.7. The molecule has 0 spiro atoms. The van der Waals surface area contributed by atoms with Crippen molar-refractivity contribution in [3.63, 3.8) is 0 Å². The van der Waals surface area contributed by atoms with Crippen molar-refractivity contribution in [1.82, 2.24) is 10.6 Å². The van der Waals surface area contributed by atoms with E-state index in [4.69, 9.17) is 14.2 Å². The molecule has 1 aliphatic carbocycles. The number of imide groups is 1. The predicted octanol–water partition coefficient (Wildman–Crippen LogP) is 3.05. The van der Waals surface area contributed by atoms with E-state index < -0.39 is 31.1 Å². The fourth-order valence-corrected chi connectivity index (χ4v) is 3.32. The van der Waals surface area contributed by atoms with Crippen LogP contribution in [0.4, 0.5) is 4.79 Å². The van der Waals surface area contributed by atoms with Gasteiger partial charge in [-0.1, -0.05) is 38.0 Å². The number of nitrogens with one attached hydrogen (secondary N) is 2. The van der Waals surface area contributed by atoms with E-state index in [0.717, 1.165) is 31.2 Å². The van der Waals surface area contributed by atoms with Crippen molar-refractivity contribution < 1.29 is 28.6 Å². The van der Waals surface area contributed by atoms with Gasteiger partial charge >= 0.3 is 12.0 Å². The Bertz CT molecular complexity index is 777. The number of allylic oxidation sites excluding steroid dienone is 1. The second-order valence-electron chi connectivity index (χ2n) is 7.25. The smallest absolute Gasteiger partial charge is 0.344 e. The minimum Gasteiger partial charge on any atom is -0.493 e. The molecule has 0 heterocycles. The number of esters is 1. The summed E-state index contributed by atoms with van der Waals surface area (Å²) in [5, 5.41) is 4.99. The third-order valence-corrected chi connectivity index (χ3v) is 4.94. The van der Waals surface area contributed by atoms with E-state index in [1.54, 1.807) is 12.1 Å². The normalized spacial score (nSPS) is 18.5. The molecule has 1 aromatic carbocycles. The maximum absolute atomic E-state index is 11.9. The number of hydrogen-bond acceptors (Lipinski definition) is 6. The first-order valence-electron chi connectivity index (χ1n) is 10.1. The van der Waals surface area contributed by atoms with Crippen LogP contribution in [0.5, 0.6) is 11.5 Å². The summed E-state index contributed by atoms with van der Waals surface area (Å²) in [6.07, 6.45) is 7.97. The molecule has 0 bridgehead atoms. The summed E-state index contributed by atoms with van der Waals surface area (Å²) in [5.41, 5.74) is 0.932. The lowest BCUT2D eigenvalue weighted by molar-refractivity contribution is -0.150. The molecule has 0 saturated heterocycles. The van der Waals surface area contributed by atoms with Crippen molar-refractivity contribution in [3.8, 4) is 11.5 Å². The lowest BCUT2D eigenvalue weighted by Crippen LogP contribution is -2.48. The molecule has 8 nitrogen and oxygen atoms in total. The van der Waals surface area contributed by atoms with Gasteiger partial charge in [0, 0.05) is 6.04 Å². The van der Waals surface area contributed by atoms with Gasteiger partial charge in [0.05, 0.1) is 7.11 Å². The number of rotatable bonds is 8. The van der Waals surface area contributed by atoms with Crippen LogP contribution in [0.3, 0.4) is 0 Å². The van der Waals surface area contributed by atoms with Crippen LogP contribution in [-0.2, 0) is 14.3 Å². The first-order valence-corrected chi connectivity index (χ1v) is 10.1. The molecule has 2 atom stereocenters. The zero-order valence-electron chi connectivity index (χ0n) is 17.7. The Labute approximate surface area is 176 Å². The van der Waals surface area contributed by atoms with Crippen LogP contribution in [-0.4, -0.2) is 44.3 Å². The second-order valence-corrected chi connectivity index (χ2v) is 7.25. The summed E-state index contributed by atoms with van der Waals surface area (Å²) in [4.78, 5) is 35.6. The van der Waals surface area contributed by atoms with Gasteiger partial charge in [-0.15, -0.1) is 0 Å². The number of benzene rings is 1. The summed E-state index contributed by atoms with van der Waals surface area (Å²) in [5.74, 6) is -0.194. The average Bonchev–Trinajstić information content (AvgIpc) is 2.73. The molecule has 1 saturated carbocycles. The molecular weight excluding hydrogens is 388 g/mol. The van der Waals surface area contributed by atoms with E-state index >= 15 is 0 Å². The first-order chi connectivity index (χ1) is 14.4. The fraction of sp³-hybridized carbons (Fsp3) is 0.500. The average molecular weight is 418 g/mol. The van der Waals surface area contributed by atoms with Gasteiger partial charge in [0.1, 0.15) is 0 Å². The molecule has 0 aliphatic heterocycles. The minimum atomic E-state index is -0.731. The van der Waals surface area contributed by atoms with Crippen LogP contribution < -0.4 is 20.1 Å². The van der Waals surface area contributed by atoms with Gasteiger partial charge in [-0.25, -0.2) is 9.59 Å². The van der Waals surface area contributed by atoms with Crippen LogP contribution in [0.15, 0.2) is 24.3 Å². The van der Waals surface area contributed by atoms with E-state index in [-0.39, 0.29) is 6.04 Å². The number of hydrogen-bond donors (Lipinski definition) is 2. The van der Waals surface area contributed by atoms with Crippen molar-refractivity contribution in [3.05, 3.63) is 29.8 Å². The Kier molecular flexibility index (Phi) is 9.18. The largest absolute Gasteiger partial charge is 0.493 e. The van der Waals surface area contributed by atoms with Crippen LogP contribution in [0.2, 0.25) is 0 Å². The fourth-order valence-electron chi connectivity index (χ4n) is 3.32. The molecule has 1 fully saturated rings. The van der Waals surface area contributed by atoms with Gasteiger partial charge in [-0.3, -0.25) is 10.1 Å². The van der Waals surface area contributed by atoms with Crippen LogP contribution in [0.25, 0.3) is 6.08 Å². The van der Waals surface area contributed by atoms with Gasteiger partial charge in [0.15, 0.2) is 24.7 Å². The highest BCUT2D eigenvalue weighted by molar-refractivity contribution is 5.95. The van der Waals surface area contributed by atoms with Gasteiger partial charge < -0.3 is 19.5 Å². The predicted molar refractivity (Wildman–Crippen MR) is 112 cm³/mol. The standard InChI is InChI=1S/C22H30N2O6/c1-4-7-16-10-11-18(19(12-16)28-3)29-14-21(26)30-13-20(25)24-22(27)23-17-9-6-5-8-15(17)2/h4,7,10-12,15,17H,5-6,8-9,13-14H2,1-3H3,(H2,23,24,25,27)/b7-4+/t15-,17+/m1/s1. The van der Waals surface area contributed by atoms with E-state index in [2.05, 4.69) is 17.6 Å². The quantitative estimate of drug-likeness (QED) is 0.629. The summed E-state index contributed by atoms with van der Waals surface area (Å²) in [6, 6.07) is 4.77. The number of carbonyl (C=O) groups excluding carboxylic acids is 3. The van der Waals surface area contributed by atoms with Crippen LogP contribution in [0, 0.1) is 5.92 Å². The van der Waals surface area contributed by atoms with Gasteiger partial charge in [0.25, 0.3) is 5.91 Å². The summed E-state index contributed by atoms with van der Waals surface area (Å²) < 4.78 is 15.5. The molecule has 30 heavy (non-hydrogen) atoms. The van der Waals surface area contributed by atoms with Crippen molar-refractivity contribution in [2.24, 2.45) is 5.92 Å². The molecule has 2 rings (SSSR count). The van der Waals surface area contributed by atoms with E-state index in [0.29, 0.717) is 17.4 Å². The maximum atomic E-state index is 11.9. The molecule has 1 aliphatic rings. The highest BCUT2D eigenvalue weighted by Crippen LogP contribution is 2.28. The maximum Gasteiger partial charge on any atom is 0.344 e. The van der Waals surface area contributed by atoms with E-state index in [9.17, 15) is 14.4 Å². The topological polar surface area (TPSA) is 103 Å². The van der Waals surface area contributed by atoms with E-state index in [1.165, 1.54) is 7.11 Å². The third kappa shape index (κ3) is 7.42. The molecule has 3 amide bonds. The third-order valence-electron chi connectivity index (χ3n) is 4.94. The Hall–Kier alpha value is -3.03. The molecule has 1 aromatic rings. The van der Waals surface area contributed by atoms with Crippen molar-refractivity contribution >= 4 is 24.0 Å². The molecule has 164 valence electrons. The monoisotopic (exact) mass is 418 g/mol. The van der Waals surface area contributed by atoms with E-state index in [1.807, 2.05) is 25.1 Å².